The minimum absolute atomic E-state index is 0.479. The molecule has 0 aliphatic carbocycles. The predicted molar refractivity (Wildman–Crippen MR) is 36.0 cm³/mol. The summed E-state index contributed by atoms with van der Waals surface area (Å²) in [5.41, 5.74) is 0. The molecule has 1 rings (SSSR count). The third kappa shape index (κ3) is 1.37. The van der Waals surface area contributed by atoms with Gasteiger partial charge >= 0.3 is 0 Å². The van der Waals surface area contributed by atoms with Gasteiger partial charge in [-0.2, -0.15) is 0 Å². The van der Waals surface area contributed by atoms with Crippen molar-refractivity contribution in [3.05, 3.63) is 0 Å². The lowest BCUT2D eigenvalue weighted by Gasteiger charge is -2.27. The second kappa shape index (κ2) is 2.71. The van der Waals surface area contributed by atoms with E-state index in [-0.39, 0.29) is 0 Å². The van der Waals surface area contributed by atoms with Crippen LogP contribution in [0.3, 0.4) is 0 Å². The Labute approximate surface area is 55.4 Å². The Morgan fingerprint density at radius 1 is 1.75 bits per heavy atom. The molecule has 3 heteroatoms. The van der Waals surface area contributed by atoms with Crippen LogP contribution in [-0.4, -0.2) is 30.1 Å². The first kappa shape index (κ1) is 6.39. The Hall–Kier alpha value is 0.270. The van der Waals surface area contributed by atoms with Gasteiger partial charge in [0.1, 0.15) is 0 Å². The Kier molecular flexibility index (Phi) is 2.16. The number of ether oxygens (including phenoxy) is 1. The molecule has 0 amide bonds. The first-order valence-electron chi connectivity index (χ1n) is 2.84. The second-order valence-corrected chi connectivity index (χ2v) is 2.60. The number of hydrogen-bond donors (Lipinski definition) is 1. The van der Waals surface area contributed by atoms with Gasteiger partial charge in [-0.05, 0) is 6.92 Å². The summed E-state index contributed by atoms with van der Waals surface area (Å²) in [5, 5.41) is 0. The molecule has 1 heterocycles. The van der Waals surface area contributed by atoms with Crippen molar-refractivity contribution in [1.82, 2.24) is 4.31 Å². The molecule has 0 bridgehead atoms. The summed E-state index contributed by atoms with van der Waals surface area (Å²) in [6.07, 6.45) is 0. The fourth-order valence-electron chi connectivity index (χ4n) is 0.718. The van der Waals surface area contributed by atoms with Crippen LogP contribution < -0.4 is 0 Å². The van der Waals surface area contributed by atoms with Gasteiger partial charge in [0, 0.05) is 12.6 Å². The van der Waals surface area contributed by atoms with Crippen LogP contribution in [0.1, 0.15) is 6.92 Å². The number of nitrogens with zero attached hydrogens (tertiary/aromatic N) is 1. The second-order valence-electron chi connectivity index (χ2n) is 2.09. The van der Waals surface area contributed by atoms with E-state index in [9.17, 15) is 0 Å². The molecule has 1 aliphatic rings. The molecular weight excluding hydrogens is 122 g/mol. The zero-order valence-corrected chi connectivity index (χ0v) is 5.90. The van der Waals surface area contributed by atoms with Crippen molar-refractivity contribution in [3.8, 4) is 0 Å². The highest BCUT2D eigenvalue weighted by atomic mass is 32.1. The van der Waals surface area contributed by atoms with Crippen molar-refractivity contribution in [2.24, 2.45) is 0 Å². The van der Waals surface area contributed by atoms with Crippen molar-refractivity contribution in [2.75, 3.05) is 19.8 Å². The van der Waals surface area contributed by atoms with Gasteiger partial charge in [-0.15, -0.1) is 0 Å². The fraction of sp³-hybridized carbons (Fsp3) is 1.00. The smallest absolute Gasteiger partial charge is 0.0629 e. The van der Waals surface area contributed by atoms with Crippen LogP contribution in [0.25, 0.3) is 0 Å². The minimum Gasteiger partial charge on any atom is -0.378 e. The molecule has 0 radical (unpaired) electrons. The third-order valence-electron chi connectivity index (χ3n) is 1.33. The number of rotatable bonds is 0. The molecule has 0 N–H and O–H groups in total. The lowest BCUT2D eigenvalue weighted by molar-refractivity contribution is 0.0450. The largest absolute Gasteiger partial charge is 0.378 e. The van der Waals surface area contributed by atoms with Gasteiger partial charge in [0.15, 0.2) is 0 Å². The highest BCUT2D eigenvalue weighted by Crippen LogP contribution is 2.06. The molecule has 0 aromatic rings. The Morgan fingerprint density at radius 2 is 2.50 bits per heavy atom. The average molecular weight is 133 g/mol. The van der Waals surface area contributed by atoms with Crippen LogP contribution in [-0.2, 0) is 4.74 Å². The van der Waals surface area contributed by atoms with Crippen molar-refractivity contribution in [2.45, 2.75) is 13.0 Å². The molecule has 1 aliphatic heterocycles. The van der Waals surface area contributed by atoms with Crippen molar-refractivity contribution < 1.29 is 4.74 Å². The molecule has 8 heavy (non-hydrogen) atoms. The molecule has 0 aromatic carbocycles. The first-order valence-corrected chi connectivity index (χ1v) is 3.24. The van der Waals surface area contributed by atoms with E-state index in [1.54, 1.807) is 0 Å². The first-order chi connectivity index (χ1) is 3.80. The highest BCUT2D eigenvalue weighted by molar-refractivity contribution is 7.77. The van der Waals surface area contributed by atoms with Crippen LogP contribution in [0.5, 0.6) is 0 Å². The maximum atomic E-state index is 5.16. The van der Waals surface area contributed by atoms with Crippen molar-refractivity contribution in [1.29, 1.82) is 0 Å². The van der Waals surface area contributed by atoms with E-state index >= 15 is 0 Å². The van der Waals surface area contributed by atoms with E-state index < -0.39 is 0 Å². The van der Waals surface area contributed by atoms with Gasteiger partial charge in [-0.3, -0.25) is 0 Å². The summed E-state index contributed by atoms with van der Waals surface area (Å²) in [5.74, 6) is 0. The fourth-order valence-corrected chi connectivity index (χ4v) is 0.867. The monoisotopic (exact) mass is 133 g/mol. The summed E-state index contributed by atoms with van der Waals surface area (Å²) in [7, 11) is 0. The SMILES string of the molecule is C[C@H]1COCCN1S. The summed E-state index contributed by atoms with van der Waals surface area (Å²) in [6, 6.07) is 0.479. The minimum atomic E-state index is 0.479. The molecule has 0 spiro atoms. The standard InChI is InChI=1S/C5H11NOS/c1-5-4-7-3-2-6(5)8/h5,8H,2-4H2,1H3/t5-/m0/s1. The number of morpholine rings is 1. The lowest BCUT2D eigenvalue weighted by Crippen LogP contribution is -2.37. The quantitative estimate of drug-likeness (QED) is 0.484. The van der Waals surface area contributed by atoms with E-state index in [2.05, 4.69) is 19.7 Å². The van der Waals surface area contributed by atoms with Crippen LogP contribution in [0.15, 0.2) is 0 Å². The van der Waals surface area contributed by atoms with Crippen LogP contribution >= 0.6 is 12.8 Å². The van der Waals surface area contributed by atoms with Gasteiger partial charge in [0.05, 0.1) is 13.2 Å². The molecule has 1 saturated heterocycles. The van der Waals surface area contributed by atoms with Crippen LogP contribution in [0, 0.1) is 0 Å². The topological polar surface area (TPSA) is 12.5 Å². The highest BCUT2D eigenvalue weighted by Gasteiger charge is 2.13. The molecule has 1 fully saturated rings. The maximum Gasteiger partial charge on any atom is 0.0629 e. The van der Waals surface area contributed by atoms with Gasteiger partial charge in [-0.1, -0.05) is 12.8 Å². The zero-order chi connectivity index (χ0) is 5.98. The van der Waals surface area contributed by atoms with Crippen molar-refractivity contribution in [3.63, 3.8) is 0 Å². The van der Waals surface area contributed by atoms with Crippen LogP contribution in [0.2, 0.25) is 0 Å². The Balaban J connectivity index is 2.28. The van der Waals surface area contributed by atoms with Crippen LogP contribution in [0.4, 0.5) is 0 Å². The van der Waals surface area contributed by atoms with Gasteiger partial charge in [-0.25, -0.2) is 4.31 Å². The summed E-state index contributed by atoms with van der Waals surface area (Å²) in [6.45, 7) is 4.70. The zero-order valence-electron chi connectivity index (χ0n) is 5.00. The van der Waals surface area contributed by atoms with Crippen molar-refractivity contribution >= 4 is 12.8 Å². The van der Waals surface area contributed by atoms with E-state index in [1.165, 1.54) is 0 Å². The molecule has 1 atom stereocenters. The summed E-state index contributed by atoms with van der Waals surface area (Å²) >= 11 is 4.21. The average Bonchev–Trinajstić information content (AvgIpc) is 1.77. The molecule has 0 unspecified atom stereocenters. The van der Waals surface area contributed by atoms with E-state index in [0.717, 1.165) is 19.8 Å². The normalized spacial score (nSPS) is 33.0. The van der Waals surface area contributed by atoms with Gasteiger partial charge in [0.2, 0.25) is 0 Å². The van der Waals surface area contributed by atoms with E-state index in [1.807, 2.05) is 4.31 Å². The van der Waals surface area contributed by atoms with Gasteiger partial charge in [0.25, 0.3) is 0 Å². The summed E-state index contributed by atoms with van der Waals surface area (Å²) in [4.78, 5) is 0. The lowest BCUT2D eigenvalue weighted by atomic mass is 10.3. The summed E-state index contributed by atoms with van der Waals surface area (Å²) < 4.78 is 7.17. The Morgan fingerprint density at radius 3 is 2.88 bits per heavy atom. The number of thiol groups is 1. The maximum absolute atomic E-state index is 5.16. The van der Waals surface area contributed by atoms with Gasteiger partial charge < -0.3 is 4.74 Å². The molecular formula is C5H11NOS. The third-order valence-corrected chi connectivity index (χ3v) is 1.93. The predicted octanol–water partition coefficient (Wildman–Crippen LogP) is 0.552. The van der Waals surface area contributed by atoms with E-state index in [0.29, 0.717) is 6.04 Å². The molecule has 0 saturated carbocycles. The molecule has 2 nitrogen and oxygen atoms in total. The Bertz CT molecular complexity index is 68.8. The van der Waals surface area contributed by atoms with E-state index in [4.69, 9.17) is 4.74 Å². The molecule has 48 valence electrons. The number of hydrogen-bond acceptors (Lipinski definition) is 3. The molecule has 0 aromatic heterocycles.